The zero-order chi connectivity index (χ0) is 26.3. The standard InChI is InChI=1S/C23H27ClN2O2.C4H4O4/c1-18(27)8-7-14-25(2)13-5-6-15-26-21-9-3-4-10-23(21)28-17-19-11-12-20(24)16-22(19)26;5-3-8-2-1-4(6)7/h3-4,7-12,16H,5-6,13-15,17H2,1-2H3;1-3H,(H,6,7)/b8-7+;2-1-. The summed E-state index contributed by atoms with van der Waals surface area (Å²) in [5.41, 5.74) is 3.35. The maximum atomic E-state index is 11.0. The lowest BCUT2D eigenvalue weighted by Gasteiger charge is -2.26. The molecule has 2 aromatic carbocycles. The molecule has 0 bridgehead atoms. The molecule has 3 rings (SSSR count). The number of ether oxygens (including phenoxy) is 2. The van der Waals surface area contributed by atoms with Gasteiger partial charge in [0, 0.05) is 29.4 Å². The monoisotopic (exact) mass is 514 g/mol. The van der Waals surface area contributed by atoms with Crippen molar-refractivity contribution in [1.82, 2.24) is 4.90 Å². The molecule has 0 fully saturated rings. The number of para-hydroxylation sites is 2. The number of rotatable bonds is 11. The minimum absolute atomic E-state index is 0.0905. The van der Waals surface area contributed by atoms with Gasteiger partial charge < -0.3 is 24.4 Å². The quantitative estimate of drug-likeness (QED) is 0.194. The van der Waals surface area contributed by atoms with Gasteiger partial charge in [0.25, 0.3) is 6.47 Å². The molecule has 9 heteroatoms. The van der Waals surface area contributed by atoms with Crippen molar-refractivity contribution in [3.05, 3.63) is 77.5 Å². The lowest BCUT2D eigenvalue weighted by Crippen LogP contribution is -2.23. The fraction of sp³-hybridized carbons (Fsp3) is 0.296. The van der Waals surface area contributed by atoms with E-state index >= 15 is 0 Å². The lowest BCUT2D eigenvalue weighted by molar-refractivity contribution is -0.131. The Morgan fingerprint density at radius 3 is 2.67 bits per heavy atom. The number of nitrogens with zero attached hydrogens (tertiary/aromatic N) is 2. The third-order valence-electron chi connectivity index (χ3n) is 5.16. The molecule has 0 aliphatic carbocycles. The van der Waals surface area contributed by atoms with Crippen molar-refractivity contribution < 1.29 is 29.0 Å². The SMILES string of the molecule is CC(=O)/C=C/CN(C)CCCCN1c2cc(Cl)ccc2COc2ccccc21.O=CO/C=C\C(=O)O. The first-order valence-corrected chi connectivity index (χ1v) is 11.8. The number of unbranched alkanes of at least 4 members (excludes halogenated alkanes) is 1. The number of carbonyl (C=O) groups is 3. The number of likely N-dealkylation sites (N-methyl/N-ethyl adjacent to an activating group) is 1. The first-order valence-electron chi connectivity index (χ1n) is 11.4. The van der Waals surface area contributed by atoms with Gasteiger partial charge in [0.2, 0.25) is 0 Å². The van der Waals surface area contributed by atoms with Crippen LogP contribution in [-0.4, -0.2) is 54.9 Å². The largest absolute Gasteiger partial charge is 0.487 e. The molecule has 192 valence electrons. The van der Waals surface area contributed by atoms with E-state index in [9.17, 15) is 14.4 Å². The second kappa shape index (κ2) is 15.4. The maximum absolute atomic E-state index is 11.0. The van der Waals surface area contributed by atoms with Gasteiger partial charge in [0.1, 0.15) is 18.6 Å². The van der Waals surface area contributed by atoms with Gasteiger partial charge in [-0.15, -0.1) is 0 Å². The molecule has 0 spiro atoms. The highest BCUT2D eigenvalue weighted by molar-refractivity contribution is 6.30. The third-order valence-corrected chi connectivity index (χ3v) is 5.40. The highest BCUT2D eigenvalue weighted by Gasteiger charge is 2.21. The van der Waals surface area contributed by atoms with E-state index in [0.717, 1.165) is 66.4 Å². The summed E-state index contributed by atoms with van der Waals surface area (Å²) in [5.74, 6) is -0.152. The molecular formula is C27H31ClN2O6. The van der Waals surface area contributed by atoms with Gasteiger partial charge in [-0.05, 0) is 63.7 Å². The highest BCUT2D eigenvalue weighted by atomic mass is 35.5. The van der Waals surface area contributed by atoms with Crippen molar-refractivity contribution >= 4 is 41.2 Å². The van der Waals surface area contributed by atoms with Crippen LogP contribution in [0, 0.1) is 0 Å². The third kappa shape index (κ3) is 9.93. The summed E-state index contributed by atoms with van der Waals surface area (Å²) >= 11 is 6.29. The van der Waals surface area contributed by atoms with Gasteiger partial charge in [-0.25, -0.2) is 4.79 Å². The Balaban J connectivity index is 0.000000493. The summed E-state index contributed by atoms with van der Waals surface area (Å²) in [6, 6.07) is 14.2. The first-order chi connectivity index (χ1) is 17.3. The summed E-state index contributed by atoms with van der Waals surface area (Å²) in [6.07, 6.45) is 7.17. The number of hydrogen-bond donors (Lipinski definition) is 1. The smallest absolute Gasteiger partial charge is 0.331 e. The van der Waals surface area contributed by atoms with Crippen LogP contribution in [0.4, 0.5) is 11.4 Å². The summed E-state index contributed by atoms with van der Waals surface area (Å²) in [4.78, 5) is 34.4. The van der Waals surface area contributed by atoms with Crippen molar-refractivity contribution in [2.75, 3.05) is 31.6 Å². The molecule has 0 saturated heterocycles. The van der Waals surface area contributed by atoms with Gasteiger partial charge >= 0.3 is 5.97 Å². The molecule has 0 aromatic heterocycles. The number of anilines is 2. The van der Waals surface area contributed by atoms with Crippen LogP contribution in [-0.2, 0) is 25.7 Å². The van der Waals surface area contributed by atoms with E-state index in [0.29, 0.717) is 12.7 Å². The zero-order valence-corrected chi connectivity index (χ0v) is 21.2. The minimum atomic E-state index is -1.15. The van der Waals surface area contributed by atoms with E-state index < -0.39 is 5.97 Å². The van der Waals surface area contributed by atoms with Crippen LogP contribution in [0.25, 0.3) is 0 Å². The molecular weight excluding hydrogens is 484 g/mol. The molecule has 2 aromatic rings. The van der Waals surface area contributed by atoms with E-state index in [2.05, 4.69) is 27.7 Å². The molecule has 0 amide bonds. The molecule has 0 radical (unpaired) electrons. The summed E-state index contributed by atoms with van der Waals surface area (Å²) in [5, 5.41) is 8.59. The Bertz CT molecular complexity index is 1090. The number of aliphatic carboxylic acids is 1. The Morgan fingerprint density at radius 1 is 1.17 bits per heavy atom. The Hall–Kier alpha value is -3.62. The minimum Gasteiger partial charge on any atom is -0.487 e. The van der Waals surface area contributed by atoms with Gasteiger partial charge in [0.05, 0.1) is 11.8 Å². The van der Waals surface area contributed by atoms with E-state index in [1.807, 2.05) is 42.5 Å². The first kappa shape index (κ1) is 28.6. The fourth-order valence-electron chi connectivity index (χ4n) is 3.51. The number of carboxylic acid groups (broad SMARTS) is 1. The number of fused-ring (bicyclic) bond motifs is 2. The van der Waals surface area contributed by atoms with Gasteiger partial charge in [0.15, 0.2) is 5.78 Å². The fourth-order valence-corrected chi connectivity index (χ4v) is 3.68. The Morgan fingerprint density at radius 2 is 1.94 bits per heavy atom. The molecule has 8 nitrogen and oxygen atoms in total. The number of benzene rings is 2. The number of allylic oxidation sites excluding steroid dienone is 1. The van der Waals surface area contributed by atoms with E-state index in [-0.39, 0.29) is 12.3 Å². The normalized spacial score (nSPS) is 12.3. The van der Waals surface area contributed by atoms with Crippen molar-refractivity contribution in [1.29, 1.82) is 0 Å². The van der Waals surface area contributed by atoms with E-state index in [1.54, 1.807) is 13.0 Å². The summed E-state index contributed by atoms with van der Waals surface area (Å²) < 4.78 is 9.93. The van der Waals surface area contributed by atoms with Crippen molar-refractivity contribution in [2.24, 2.45) is 0 Å². The van der Waals surface area contributed by atoms with Crippen LogP contribution in [0.5, 0.6) is 5.75 Å². The Labute approximate surface area is 216 Å². The van der Waals surface area contributed by atoms with Gasteiger partial charge in [-0.3, -0.25) is 9.59 Å². The maximum Gasteiger partial charge on any atom is 0.331 e. The average Bonchev–Trinajstić information content (AvgIpc) is 2.98. The van der Waals surface area contributed by atoms with E-state index in [4.69, 9.17) is 21.4 Å². The van der Waals surface area contributed by atoms with Crippen molar-refractivity contribution in [3.8, 4) is 5.75 Å². The predicted molar refractivity (Wildman–Crippen MR) is 140 cm³/mol. The molecule has 0 saturated carbocycles. The predicted octanol–water partition coefficient (Wildman–Crippen LogP) is 4.99. The number of hydrogen-bond acceptors (Lipinski definition) is 7. The number of halogens is 1. The van der Waals surface area contributed by atoms with Crippen LogP contribution in [0.3, 0.4) is 0 Å². The van der Waals surface area contributed by atoms with Gasteiger partial charge in [-0.1, -0.05) is 35.9 Å². The molecule has 1 heterocycles. The highest BCUT2D eigenvalue weighted by Crippen LogP contribution is 2.40. The van der Waals surface area contributed by atoms with Crippen LogP contribution in [0.15, 0.2) is 67.0 Å². The van der Waals surface area contributed by atoms with Crippen molar-refractivity contribution in [3.63, 3.8) is 0 Å². The second-order valence-electron chi connectivity index (χ2n) is 8.04. The zero-order valence-electron chi connectivity index (χ0n) is 20.4. The molecule has 1 aliphatic rings. The number of ketones is 1. The summed E-state index contributed by atoms with van der Waals surface area (Å²) in [7, 11) is 2.08. The van der Waals surface area contributed by atoms with Gasteiger partial charge in [-0.2, -0.15) is 0 Å². The van der Waals surface area contributed by atoms with Crippen LogP contribution < -0.4 is 9.64 Å². The molecule has 0 unspecified atom stereocenters. The van der Waals surface area contributed by atoms with Crippen LogP contribution in [0.2, 0.25) is 5.02 Å². The lowest BCUT2D eigenvalue weighted by atomic mass is 10.1. The molecule has 36 heavy (non-hydrogen) atoms. The summed E-state index contributed by atoms with van der Waals surface area (Å²) in [6.45, 7) is 4.92. The van der Waals surface area contributed by atoms with Crippen LogP contribution in [0.1, 0.15) is 25.3 Å². The number of carboxylic acids is 1. The van der Waals surface area contributed by atoms with Crippen LogP contribution >= 0.6 is 11.6 Å². The Kier molecular flexibility index (Phi) is 12.2. The van der Waals surface area contributed by atoms with Crippen molar-refractivity contribution in [2.45, 2.75) is 26.4 Å². The molecule has 1 N–H and O–H groups in total. The average molecular weight is 515 g/mol. The molecule has 0 atom stereocenters. The topological polar surface area (TPSA) is 96.4 Å². The second-order valence-corrected chi connectivity index (χ2v) is 8.47. The number of carbonyl (C=O) groups excluding carboxylic acids is 2. The molecule has 1 aliphatic heterocycles. The van der Waals surface area contributed by atoms with E-state index in [1.165, 1.54) is 0 Å².